The van der Waals surface area contributed by atoms with Crippen molar-refractivity contribution in [2.75, 3.05) is 0 Å². The van der Waals surface area contributed by atoms with Crippen molar-refractivity contribution in [1.29, 1.82) is 0 Å². The predicted octanol–water partition coefficient (Wildman–Crippen LogP) is 6.47. The fraction of sp³-hybridized carbons (Fsp3) is 0.0857. The second-order valence-corrected chi connectivity index (χ2v) is 11.4. The van der Waals surface area contributed by atoms with Crippen LogP contribution in [0, 0.1) is 0 Å². The summed E-state index contributed by atoms with van der Waals surface area (Å²) in [6.45, 7) is 0. The third-order valence-corrected chi connectivity index (χ3v) is 9.06. The summed E-state index contributed by atoms with van der Waals surface area (Å²) in [5, 5.41) is 1.10. The van der Waals surface area contributed by atoms with Crippen LogP contribution in [-0.2, 0) is 6.42 Å². The molecule has 1 aliphatic heterocycles. The lowest BCUT2D eigenvalue weighted by molar-refractivity contribution is 0.585. The van der Waals surface area contributed by atoms with Crippen LogP contribution in [0.4, 0.5) is 0 Å². The third-order valence-electron chi connectivity index (χ3n) is 8.07. The molecule has 2 aromatic heterocycles. The van der Waals surface area contributed by atoms with Crippen LogP contribution in [0.15, 0.2) is 125 Å². The molecule has 0 fully saturated rings. The van der Waals surface area contributed by atoms with Crippen LogP contribution in [0.3, 0.4) is 0 Å². The van der Waals surface area contributed by atoms with E-state index in [4.69, 9.17) is 4.99 Å². The van der Waals surface area contributed by atoms with Gasteiger partial charge in [-0.15, -0.1) is 0 Å². The van der Waals surface area contributed by atoms with Crippen LogP contribution in [0.1, 0.15) is 34.7 Å². The highest BCUT2D eigenvalue weighted by atomic mass is 32.1. The van der Waals surface area contributed by atoms with Crippen molar-refractivity contribution in [3.8, 4) is 11.3 Å². The zero-order valence-corrected chi connectivity index (χ0v) is 22.5. The number of rotatable bonds is 3. The van der Waals surface area contributed by atoms with Crippen molar-refractivity contribution in [1.82, 2.24) is 9.55 Å². The molecule has 0 saturated heterocycles. The van der Waals surface area contributed by atoms with Gasteiger partial charge >= 0.3 is 0 Å². The van der Waals surface area contributed by atoms with Gasteiger partial charge in [-0.2, -0.15) is 0 Å². The number of aromatic amines is 1. The minimum absolute atomic E-state index is 0.00676. The number of hydrogen-bond donors (Lipinski definition) is 1. The SMILES string of the molecule is O=c1/c(=C\c2c(-c3ccccc3)[nH]c3ccccc23)sc2n1[C@@H](c1ccccc1)C1=C(N=2)c2ccccc2CC1. The molecule has 2 aliphatic rings. The highest BCUT2D eigenvalue weighted by molar-refractivity contribution is 7.07. The number of thiazole rings is 1. The molecule has 40 heavy (non-hydrogen) atoms. The number of hydrogen-bond acceptors (Lipinski definition) is 3. The van der Waals surface area contributed by atoms with E-state index in [0.717, 1.165) is 56.6 Å². The monoisotopic (exact) mass is 535 g/mol. The Kier molecular flexibility index (Phi) is 5.32. The number of H-pyrrole nitrogens is 1. The minimum atomic E-state index is -0.167. The van der Waals surface area contributed by atoms with Gasteiger partial charge in [0, 0.05) is 22.0 Å². The van der Waals surface area contributed by atoms with E-state index < -0.39 is 0 Å². The van der Waals surface area contributed by atoms with E-state index in [0.29, 0.717) is 4.53 Å². The Labute approximate surface area is 234 Å². The van der Waals surface area contributed by atoms with Crippen molar-refractivity contribution in [2.24, 2.45) is 4.99 Å². The molecule has 0 bridgehead atoms. The molecule has 1 aliphatic carbocycles. The molecule has 4 nitrogen and oxygen atoms in total. The molecule has 0 spiro atoms. The van der Waals surface area contributed by atoms with Crippen LogP contribution in [0.5, 0.6) is 0 Å². The van der Waals surface area contributed by atoms with Crippen molar-refractivity contribution in [3.63, 3.8) is 0 Å². The number of aromatic nitrogens is 2. The molecule has 5 heteroatoms. The Morgan fingerprint density at radius 2 is 1.55 bits per heavy atom. The topological polar surface area (TPSA) is 50.1 Å². The summed E-state index contributed by atoms with van der Waals surface area (Å²) in [5.41, 5.74) is 10.1. The van der Waals surface area contributed by atoms with E-state index >= 15 is 0 Å². The maximum absolute atomic E-state index is 14.3. The fourth-order valence-electron chi connectivity index (χ4n) is 6.23. The largest absolute Gasteiger partial charge is 0.354 e. The normalized spacial score (nSPS) is 16.4. The smallest absolute Gasteiger partial charge is 0.271 e. The summed E-state index contributed by atoms with van der Waals surface area (Å²) < 4.78 is 2.62. The van der Waals surface area contributed by atoms with E-state index in [1.165, 1.54) is 28.0 Å². The lowest BCUT2D eigenvalue weighted by atomic mass is 9.83. The molecule has 6 aromatic rings. The second kappa shape index (κ2) is 9.18. The van der Waals surface area contributed by atoms with E-state index in [9.17, 15) is 4.79 Å². The standard InChI is InChI=1S/C35H25N3OS/c39-34-30(21-28-26-17-9-10-18-29(26)36-31(28)23-12-3-1-4-13-23)40-35-37-32-25-16-8-7-11-22(25)19-20-27(32)33(38(34)35)24-14-5-2-6-15-24/h1-18,21,33,36H,19-20H2/b30-21+/t33-/m0/s1. The van der Waals surface area contributed by atoms with Crippen LogP contribution in [0.2, 0.25) is 0 Å². The Hall–Kier alpha value is -4.74. The molecular formula is C35H25N3OS. The van der Waals surface area contributed by atoms with Crippen LogP contribution in [-0.4, -0.2) is 9.55 Å². The van der Waals surface area contributed by atoms with E-state index in [1.807, 2.05) is 41.0 Å². The summed E-state index contributed by atoms with van der Waals surface area (Å²) in [5.74, 6) is 0. The van der Waals surface area contributed by atoms with E-state index in [1.54, 1.807) is 0 Å². The summed E-state index contributed by atoms with van der Waals surface area (Å²) in [7, 11) is 0. The Balaban J connectivity index is 1.40. The molecule has 192 valence electrons. The first-order valence-electron chi connectivity index (χ1n) is 13.6. The molecule has 0 saturated carbocycles. The number of para-hydroxylation sites is 1. The third kappa shape index (κ3) is 3.59. The molecule has 8 rings (SSSR count). The first-order valence-corrected chi connectivity index (χ1v) is 14.4. The average molecular weight is 536 g/mol. The van der Waals surface area contributed by atoms with E-state index in [2.05, 4.69) is 83.9 Å². The summed E-state index contributed by atoms with van der Waals surface area (Å²) >= 11 is 1.48. The minimum Gasteiger partial charge on any atom is -0.354 e. The summed E-state index contributed by atoms with van der Waals surface area (Å²) in [6.07, 6.45) is 3.90. The van der Waals surface area contributed by atoms with Gasteiger partial charge in [0.2, 0.25) is 0 Å². The van der Waals surface area contributed by atoms with Crippen molar-refractivity contribution in [2.45, 2.75) is 18.9 Å². The predicted molar refractivity (Wildman–Crippen MR) is 163 cm³/mol. The van der Waals surface area contributed by atoms with Gasteiger partial charge in [-0.25, -0.2) is 4.99 Å². The van der Waals surface area contributed by atoms with Crippen molar-refractivity contribution >= 4 is 34.0 Å². The van der Waals surface area contributed by atoms with Gasteiger partial charge in [0.25, 0.3) is 5.56 Å². The van der Waals surface area contributed by atoms with Gasteiger partial charge in [-0.1, -0.05) is 114 Å². The van der Waals surface area contributed by atoms with E-state index in [-0.39, 0.29) is 11.6 Å². The van der Waals surface area contributed by atoms with Crippen LogP contribution >= 0.6 is 11.3 Å². The fourth-order valence-corrected chi connectivity index (χ4v) is 7.22. The average Bonchev–Trinajstić information content (AvgIpc) is 3.54. The van der Waals surface area contributed by atoms with Crippen LogP contribution in [0.25, 0.3) is 33.9 Å². The number of aryl methyl sites for hydroxylation is 1. The van der Waals surface area contributed by atoms with Gasteiger partial charge < -0.3 is 4.98 Å². The number of nitrogens with zero attached hydrogens (tertiary/aromatic N) is 2. The molecule has 0 radical (unpaired) electrons. The lowest BCUT2D eigenvalue weighted by Crippen LogP contribution is -2.38. The Morgan fingerprint density at radius 1 is 0.825 bits per heavy atom. The molecule has 3 heterocycles. The van der Waals surface area contributed by atoms with Gasteiger partial charge in [-0.05, 0) is 47.2 Å². The summed E-state index contributed by atoms with van der Waals surface area (Å²) in [6, 6.07) is 37.4. The Bertz CT molecular complexity index is 2130. The van der Waals surface area contributed by atoms with Gasteiger partial charge in [0.05, 0.1) is 22.0 Å². The highest BCUT2D eigenvalue weighted by Crippen LogP contribution is 2.41. The maximum Gasteiger partial charge on any atom is 0.271 e. The van der Waals surface area contributed by atoms with Gasteiger partial charge in [0.15, 0.2) is 4.80 Å². The quantitative estimate of drug-likeness (QED) is 0.278. The highest BCUT2D eigenvalue weighted by Gasteiger charge is 2.32. The molecular weight excluding hydrogens is 510 g/mol. The Morgan fingerprint density at radius 3 is 2.40 bits per heavy atom. The lowest BCUT2D eigenvalue weighted by Gasteiger charge is -2.30. The number of nitrogens with one attached hydrogen (secondary N) is 1. The second-order valence-electron chi connectivity index (χ2n) is 10.3. The molecule has 1 N–H and O–H groups in total. The summed E-state index contributed by atoms with van der Waals surface area (Å²) in [4.78, 5) is 23.8. The van der Waals surface area contributed by atoms with Crippen molar-refractivity contribution in [3.05, 3.63) is 157 Å². The molecule has 1 atom stereocenters. The number of allylic oxidation sites excluding steroid dienone is 1. The van der Waals surface area contributed by atoms with Crippen LogP contribution < -0.4 is 14.9 Å². The van der Waals surface area contributed by atoms with Crippen molar-refractivity contribution < 1.29 is 0 Å². The number of benzene rings is 4. The maximum atomic E-state index is 14.3. The first kappa shape index (κ1) is 23.2. The zero-order chi connectivity index (χ0) is 26.6. The molecule has 0 amide bonds. The zero-order valence-electron chi connectivity index (χ0n) is 21.7. The molecule has 4 aromatic carbocycles. The number of fused-ring (bicyclic) bond motifs is 4. The van der Waals surface area contributed by atoms with Gasteiger partial charge in [-0.3, -0.25) is 9.36 Å². The molecule has 0 unspecified atom stereocenters. The van der Waals surface area contributed by atoms with Gasteiger partial charge in [0.1, 0.15) is 0 Å². The first-order chi connectivity index (χ1) is 19.8.